The topological polar surface area (TPSA) is 105 Å². The average molecular weight is 491 g/mol. The van der Waals surface area contributed by atoms with Gasteiger partial charge < -0.3 is 4.84 Å². The lowest BCUT2D eigenvalue weighted by molar-refractivity contribution is -0.770. The van der Waals surface area contributed by atoms with Crippen molar-refractivity contribution < 1.29 is 14.8 Å². The number of oxime groups is 1. The van der Waals surface area contributed by atoms with Crippen LogP contribution in [-0.2, 0) is 16.3 Å². The number of rotatable bonds is 8. The minimum absolute atomic E-state index is 0.0380. The Morgan fingerprint density at radius 2 is 1.83 bits per heavy atom. The Kier molecular flexibility index (Phi) is 7.33. The van der Waals surface area contributed by atoms with Crippen LogP contribution in [0.1, 0.15) is 17.4 Å². The van der Waals surface area contributed by atoms with Crippen molar-refractivity contribution in [3.8, 4) is 0 Å². The van der Waals surface area contributed by atoms with Gasteiger partial charge in [-0.05, 0) is 30.3 Å². The van der Waals surface area contributed by atoms with Gasteiger partial charge in [0.05, 0.1) is 5.02 Å². The number of aromatic nitrogens is 3. The zero-order chi connectivity index (χ0) is 21.7. The summed E-state index contributed by atoms with van der Waals surface area (Å²) in [6, 6.07) is 9.37. The van der Waals surface area contributed by atoms with Crippen LogP contribution in [-0.4, -0.2) is 25.6 Å². The third-order valence-electron chi connectivity index (χ3n) is 3.70. The maximum absolute atomic E-state index is 11.1. The smallest absolute Gasteiger partial charge is 0.297 e. The maximum atomic E-state index is 11.1. The molecule has 0 N–H and O–H groups in total. The average Bonchev–Trinajstić information content (AvgIpc) is 3.20. The van der Waals surface area contributed by atoms with E-state index in [9.17, 15) is 10.1 Å². The molecular formula is C17H11Cl4N5O4. The molecule has 0 saturated carbocycles. The summed E-state index contributed by atoms with van der Waals surface area (Å²) in [6.07, 6.45) is 0.983. The second-order valence-corrected chi connectivity index (χ2v) is 7.35. The molecule has 1 unspecified atom stereocenters. The second kappa shape index (κ2) is 9.94. The molecule has 0 aliphatic carbocycles. The fraction of sp³-hybridized carbons (Fsp3) is 0.118. The molecule has 1 aromatic heterocycles. The summed E-state index contributed by atoms with van der Waals surface area (Å²) in [4.78, 5) is 25.1. The highest BCUT2D eigenvalue weighted by molar-refractivity contribution is 6.37. The van der Waals surface area contributed by atoms with Crippen molar-refractivity contribution >= 4 is 52.1 Å². The van der Waals surface area contributed by atoms with Crippen molar-refractivity contribution in [2.75, 3.05) is 0 Å². The van der Waals surface area contributed by atoms with Gasteiger partial charge >= 0.3 is 0 Å². The Bertz CT molecular complexity index is 1080. The normalized spacial score (nSPS) is 12.5. The zero-order valence-corrected chi connectivity index (χ0v) is 17.8. The molecule has 0 aliphatic rings. The van der Waals surface area contributed by atoms with E-state index < -0.39 is 11.3 Å². The summed E-state index contributed by atoms with van der Waals surface area (Å²) >= 11 is 24.2. The number of nitrogens with zero attached hydrogens (tertiary/aromatic N) is 5. The first-order valence-electron chi connectivity index (χ1n) is 8.09. The van der Waals surface area contributed by atoms with Crippen molar-refractivity contribution in [2.24, 2.45) is 5.16 Å². The molecule has 3 aromatic rings. The Morgan fingerprint density at radius 3 is 2.43 bits per heavy atom. The van der Waals surface area contributed by atoms with E-state index >= 15 is 0 Å². The quantitative estimate of drug-likeness (QED) is 0.243. The van der Waals surface area contributed by atoms with Gasteiger partial charge in [-0.3, -0.25) is 4.84 Å². The van der Waals surface area contributed by atoms with E-state index in [1.54, 1.807) is 24.3 Å². The lowest BCUT2D eigenvalue weighted by Gasteiger charge is -2.18. The number of benzene rings is 2. The van der Waals surface area contributed by atoms with Gasteiger partial charge in [0.15, 0.2) is 0 Å². The first-order chi connectivity index (χ1) is 14.3. The zero-order valence-electron chi connectivity index (χ0n) is 14.8. The Balaban J connectivity index is 1.99. The lowest BCUT2D eigenvalue weighted by Crippen LogP contribution is -2.27. The van der Waals surface area contributed by atoms with Crippen molar-refractivity contribution in [1.29, 1.82) is 0 Å². The van der Waals surface area contributed by atoms with Crippen LogP contribution in [0.3, 0.4) is 0 Å². The largest absolute Gasteiger partial charge is 0.391 e. The molecule has 3 rings (SSSR count). The van der Waals surface area contributed by atoms with E-state index in [4.69, 9.17) is 56.1 Å². The van der Waals surface area contributed by atoms with Crippen LogP contribution in [0.2, 0.25) is 20.1 Å². The third-order valence-corrected chi connectivity index (χ3v) is 4.84. The van der Waals surface area contributed by atoms with E-state index in [1.807, 2.05) is 0 Å². The van der Waals surface area contributed by atoms with Gasteiger partial charge in [0.2, 0.25) is 6.23 Å². The molecule has 0 radical (unpaired) electrons. The molecule has 0 saturated heterocycles. The first-order valence-corrected chi connectivity index (χ1v) is 9.61. The van der Waals surface area contributed by atoms with Gasteiger partial charge in [0.25, 0.3) is 5.09 Å². The van der Waals surface area contributed by atoms with Gasteiger partial charge in [0, 0.05) is 26.2 Å². The van der Waals surface area contributed by atoms with E-state index in [0.29, 0.717) is 20.6 Å². The van der Waals surface area contributed by atoms with Crippen LogP contribution < -0.4 is 0 Å². The second-order valence-electron chi connectivity index (χ2n) is 5.67. The molecule has 0 bridgehead atoms. The van der Waals surface area contributed by atoms with Crippen molar-refractivity contribution in [3.05, 3.63) is 90.4 Å². The van der Waals surface area contributed by atoms with Gasteiger partial charge in [-0.2, -0.15) is 5.10 Å². The summed E-state index contributed by atoms with van der Waals surface area (Å²) in [7, 11) is 0. The van der Waals surface area contributed by atoms with Gasteiger partial charge in [0.1, 0.15) is 25.0 Å². The summed E-state index contributed by atoms with van der Waals surface area (Å²) in [5.41, 5.74) is 0.841. The number of hydrogen-bond acceptors (Lipinski definition) is 7. The Morgan fingerprint density at radius 1 is 1.13 bits per heavy atom. The lowest BCUT2D eigenvalue weighted by atomic mass is 10.1. The SMILES string of the molecule is O=[N+]([O-])OC(/C(=N/OCc1ccc(Cl)cc1Cl)c1ccc(Cl)cc1Cl)n1cncn1. The highest BCUT2D eigenvalue weighted by Gasteiger charge is 2.27. The molecule has 0 spiro atoms. The van der Waals surface area contributed by atoms with Gasteiger partial charge in [-0.1, -0.05) is 57.6 Å². The predicted octanol–water partition coefficient (Wildman–Crippen LogP) is 5.22. The minimum atomic E-state index is -1.43. The molecule has 30 heavy (non-hydrogen) atoms. The fourth-order valence-electron chi connectivity index (χ4n) is 2.38. The van der Waals surface area contributed by atoms with Crippen LogP contribution in [0.25, 0.3) is 0 Å². The molecular weight excluding hydrogens is 480 g/mol. The van der Waals surface area contributed by atoms with Crippen molar-refractivity contribution in [1.82, 2.24) is 14.8 Å². The molecule has 1 heterocycles. The molecule has 0 aliphatic heterocycles. The van der Waals surface area contributed by atoms with Crippen LogP contribution in [0.15, 0.2) is 54.2 Å². The molecule has 9 nitrogen and oxygen atoms in total. The molecule has 0 amide bonds. The van der Waals surface area contributed by atoms with E-state index in [1.165, 1.54) is 24.8 Å². The predicted molar refractivity (Wildman–Crippen MR) is 111 cm³/mol. The fourth-order valence-corrected chi connectivity index (χ4v) is 3.35. The summed E-state index contributed by atoms with van der Waals surface area (Å²) in [5.74, 6) is 0. The van der Waals surface area contributed by atoms with Crippen LogP contribution in [0.5, 0.6) is 0 Å². The molecule has 2 aromatic carbocycles. The van der Waals surface area contributed by atoms with Gasteiger partial charge in [-0.25, -0.2) is 9.67 Å². The van der Waals surface area contributed by atoms with Crippen LogP contribution >= 0.6 is 46.4 Å². The highest BCUT2D eigenvalue weighted by atomic mass is 35.5. The Hall–Kier alpha value is -2.59. The molecule has 1 atom stereocenters. The summed E-state index contributed by atoms with van der Waals surface area (Å²) < 4.78 is 1.09. The maximum Gasteiger partial charge on any atom is 0.297 e. The third kappa shape index (κ3) is 5.51. The van der Waals surface area contributed by atoms with E-state index in [0.717, 1.165) is 4.68 Å². The summed E-state index contributed by atoms with van der Waals surface area (Å²) in [5, 5.41) is 19.4. The minimum Gasteiger partial charge on any atom is -0.391 e. The molecule has 13 heteroatoms. The van der Waals surface area contributed by atoms with Crippen molar-refractivity contribution in [2.45, 2.75) is 12.8 Å². The first kappa shape index (κ1) is 22.1. The van der Waals surface area contributed by atoms with E-state index in [2.05, 4.69) is 15.2 Å². The molecule has 156 valence electrons. The summed E-state index contributed by atoms with van der Waals surface area (Å²) in [6.45, 7) is -0.0484. The van der Waals surface area contributed by atoms with Crippen LogP contribution in [0.4, 0.5) is 0 Å². The monoisotopic (exact) mass is 489 g/mol. The number of hydrogen-bond donors (Lipinski definition) is 0. The standard InChI is InChI=1S/C17H11Cl4N5O4/c18-11-2-1-10(14(20)5-11)7-29-24-16(13-4-3-12(19)6-15(13)21)17(30-26(27)28)25-9-22-8-23-25/h1-6,8-9,17H,7H2/b24-16+. The van der Waals surface area contributed by atoms with Gasteiger partial charge in [-0.15, -0.1) is 10.1 Å². The highest BCUT2D eigenvalue weighted by Crippen LogP contribution is 2.27. The van der Waals surface area contributed by atoms with Crippen LogP contribution in [0, 0.1) is 10.1 Å². The van der Waals surface area contributed by atoms with Crippen molar-refractivity contribution in [3.63, 3.8) is 0 Å². The van der Waals surface area contributed by atoms with E-state index in [-0.39, 0.29) is 22.9 Å². The Labute approximate surface area is 189 Å². The molecule has 0 fully saturated rings. The number of halogens is 4.